The summed E-state index contributed by atoms with van der Waals surface area (Å²) < 4.78 is 0. The maximum Gasteiger partial charge on any atom is 0.256 e. The van der Waals surface area contributed by atoms with Gasteiger partial charge in [-0.05, 0) is 41.5 Å². The van der Waals surface area contributed by atoms with Crippen molar-refractivity contribution in [3.05, 3.63) is 71.9 Å². The molecule has 20 heavy (non-hydrogen) atoms. The molecule has 1 amide bonds. The second-order valence-corrected chi connectivity index (χ2v) is 4.68. The van der Waals surface area contributed by atoms with Crippen molar-refractivity contribution in [3.63, 3.8) is 0 Å². The van der Waals surface area contributed by atoms with Crippen molar-refractivity contribution < 1.29 is 4.79 Å². The fraction of sp³-hybridized carbons (Fsp3) is 0.0588. The Bertz CT molecular complexity index is 781. The van der Waals surface area contributed by atoms with E-state index in [2.05, 4.69) is 10.3 Å². The Morgan fingerprint density at radius 1 is 1.00 bits per heavy atom. The lowest BCUT2D eigenvalue weighted by atomic mass is 10.1. The van der Waals surface area contributed by atoms with E-state index in [-0.39, 0.29) is 5.91 Å². The van der Waals surface area contributed by atoms with Crippen LogP contribution in [0.1, 0.15) is 15.9 Å². The first kappa shape index (κ1) is 12.4. The number of anilines is 1. The molecule has 3 heteroatoms. The predicted molar refractivity (Wildman–Crippen MR) is 80.9 cm³/mol. The van der Waals surface area contributed by atoms with E-state index in [9.17, 15) is 4.79 Å². The molecule has 0 bridgehead atoms. The van der Waals surface area contributed by atoms with Gasteiger partial charge in [0.25, 0.3) is 5.91 Å². The highest BCUT2D eigenvalue weighted by atomic mass is 16.1. The van der Waals surface area contributed by atoms with Crippen molar-refractivity contribution in [1.29, 1.82) is 0 Å². The number of benzene rings is 2. The number of rotatable bonds is 2. The van der Waals surface area contributed by atoms with Gasteiger partial charge in [0.1, 0.15) is 5.82 Å². The van der Waals surface area contributed by atoms with Crippen molar-refractivity contribution in [2.24, 2.45) is 0 Å². The van der Waals surface area contributed by atoms with Crippen LogP contribution >= 0.6 is 0 Å². The highest BCUT2D eigenvalue weighted by Crippen LogP contribution is 2.17. The first-order valence-electron chi connectivity index (χ1n) is 6.46. The Hall–Kier alpha value is -2.68. The van der Waals surface area contributed by atoms with Crippen molar-refractivity contribution >= 4 is 22.5 Å². The molecule has 0 aliphatic heterocycles. The second-order valence-electron chi connectivity index (χ2n) is 4.68. The summed E-state index contributed by atoms with van der Waals surface area (Å²) in [6.45, 7) is 1.92. The molecule has 3 aromatic rings. The quantitative estimate of drug-likeness (QED) is 0.763. The minimum Gasteiger partial charge on any atom is -0.306 e. The Morgan fingerprint density at radius 2 is 1.80 bits per heavy atom. The third-order valence-corrected chi connectivity index (χ3v) is 3.25. The summed E-state index contributed by atoms with van der Waals surface area (Å²) >= 11 is 0. The van der Waals surface area contributed by atoms with Gasteiger partial charge in [-0.2, -0.15) is 0 Å². The van der Waals surface area contributed by atoms with Gasteiger partial charge in [0, 0.05) is 11.8 Å². The number of nitrogens with zero attached hydrogens (tertiary/aromatic N) is 1. The number of nitrogens with one attached hydrogen (secondary N) is 1. The summed E-state index contributed by atoms with van der Waals surface area (Å²) in [5, 5.41) is 5.02. The van der Waals surface area contributed by atoms with Gasteiger partial charge < -0.3 is 5.32 Å². The van der Waals surface area contributed by atoms with Crippen LogP contribution < -0.4 is 5.32 Å². The van der Waals surface area contributed by atoms with Crippen LogP contribution in [0.3, 0.4) is 0 Å². The van der Waals surface area contributed by atoms with Gasteiger partial charge in [0.05, 0.1) is 0 Å². The van der Waals surface area contributed by atoms with E-state index in [1.165, 1.54) is 0 Å². The highest BCUT2D eigenvalue weighted by Gasteiger charge is 2.08. The number of hydrogen-bond acceptors (Lipinski definition) is 2. The number of amides is 1. The zero-order valence-electron chi connectivity index (χ0n) is 11.1. The third-order valence-electron chi connectivity index (χ3n) is 3.25. The van der Waals surface area contributed by atoms with Crippen LogP contribution in [0.2, 0.25) is 0 Å². The van der Waals surface area contributed by atoms with E-state index in [0.29, 0.717) is 11.4 Å². The molecular weight excluding hydrogens is 248 g/mol. The van der Waals surface area contributed by atoms with Gasteiger partial charge >= 0.3 is 0 Å². The molecule has 98 valence electrons. The third kappa shape index (κ3) is 2.38. The zero-order chi connectivity index (χ0) is 13.9. The summed E-state index contributed by atoms with van der Waals surface area (Å²) in [4.78, 5) is 16.4. The normalized spacial score (nSPS) is 10.4. The molecule has 1 aromatic heterocycles. The predicted octanol–water partition coefficient (Wildman–Crippen LogP) is 3.80. The Morgan fingerprint density at radius 3 is 2.60 bits per heavy atom. The van der Waals surface area contributed by atoms with Crippen molar-refractivity contribution in [2.75, 3.05) is 5.32 Å². The van der Waals surface area contributed by atoms with Gasteiger partial charge in [-0.15, -0.1) is 0 Å². The van der Waals surface area contributed by atoms with Gasteiger partial charge in [-0.25, -0.2) is 4.98 Å². The average molecular weight is 262 g/mol. The monoisotopic (exact) mass is 262 g/mol. The standard InChI is InChI=1S/C17H14N2O/c1-12-5-4-10-18-16(12)19-17(20)15-9-8-13-6-2-3-7-14(13)11-15/h2-11H,1H3,(H,18,19,20). The molecule has 1 heterocycles. The molecule has 2 aromatic carbocycles. The van der Waals surface area contributed by atoms with Gasteiger partial charge in [0.15, 0.2) is 0 Å². The molecule has 0 spiro atoms. The van der Waals surface area contributed by atoms with Crippen molar-refractivity contribution in [3.8, 4) is 0 Å². The molecule has 0 aliphatic carbocycles. The van der Waals surface area contributed by atoms with Crippen LogP contribution in [0.5, 0.6) is 0 Å². The molecule has 0 saturated carbocycles. The lowest BCUT2D eigenvalue weighted by molar-refractivity contribution is 0.102. The Labute approximate surface area is 117 Å². The minimum absolute atomic E-state index is 0.141. The van der Waals surface area contributed by atoms with Crippen LogP contribution in [0.15, 0.2) is 60.8 Å². The van der Waals surface area contributed by atoms with Crippen molar-refractivity contribution in [1.82, 2.24) is 4.98 Å². The van der Waals surface area contributed by atoms with E-state index in [1.54, 1.807) is 6.20 Å². The Balaban J connectivity index is 1.91. The first-order chi connectivity index (χ1) is 9.74. The topological polar surface area (TPSA) is 42.0 Å². The molecule has 0 saturated heterocycles. The number of carbonyl (C=O) groups is 1. The number of aromatic nitrogens is 1. The molecule has 0 fully saturated rings. The van der Waals surface area contributed by atoms with E-state index in [0.717, 1.165) is 16.3 Å². The highest BCUT2D eigenvalue weighted by molar-refractivity contribution is 6.06. The van der Waals surface area contributed by atoms with Gasteiger partial charge in [-0.3, -0.25) is 4.79 Å². The lowest BCUT2D eigenvalue weighted by Crippen LogP contribution is -2.13. The van der Waals surface area contributed by atoms with E-state index in [4.69, 9.17) is 0 Å². The number of fused-ring (bicyclic) bond motifs is 1. The largest absolute Gasteiger partial charge is 0.306 e. The number of pyridine rings is 1. The second kappa shape index (κ2) is 5.13. The first-order valence-corrected chi connectivity index (χ1v) is 6.46. The van der Waals surface area contributed by atoms with Crippen LogP contribution in [0, 0.1) is 6.92 Å². The van der Waals surface area contributed by atoms with E-state index in [1.807, 2.05) is 61.5 Å². The summed E-state index contributed by atoms with van der Waals surface area (Å²) in [6.07, 6.45) is 1.67. The molecule has 1 N–H and O–H groups in total. The van der Waals surface area contributed by atoms with Gasteiger partial charge in [0.2, 0.25) is 0 Å². The van der Waals surface area contributed by atoms with E-state index >= 15 is 0 Å². The SMILES string of the molecule is Cc1cccnc1NC(=O)c1ccc2ccccc2c1. The zero-order valence-corrected chi connectivity index (χ0v) is 11.1. The Kier molecular flexibility index (Phi) is 3.17. The molecule has 0 atom stereocenters. The summed E-state index contributed by atoms with van der Waals surface area (Å²) in [7, 11) is 0. The maximum absolute atomic E-state index is 12.3. The molecule has 0 aliphatic rings. The molecule has 0 unspecified atom stereocenters. The van der Waals surface area contributed by atoms with Gasteiger partial charge in [-0.1, -0.05) is 36.4 Å². The van der Waals surface area contributed by atoms with E-state index < -0.39 is 0 Å². The summed E-state index contributed by atoms with van der Waals surface area (Å²) in [5.74, 6) is 0.461. The minimum atomic E-state index is -0.141. The van der Waals surface area contributed by atoms with Crippen LogP contribution in [-0.4, -0.2) is 10.9 Å². The fourth-order valence-electron chi connectivity index (χ4n) is 2.13. The van der Waals surface area contributed by atoms with Crippen LogP contribution in [0.25, 0.3) is 10.8 Å². The number of aryl methyl sites for hydroxylation is 1. The van der Waals surface area contributed by atoms with Crippen molar-refractivity contribution in [2.45, 2.75) is 6.92 Å². The van der Waals surface area contributed by atoms with Crippen LogP contribution in [-0.2, 0) is 0 Å². The molecular formula is C17H14N2O. The number of carbonyl (C=O) groups excluding carboxylic acids is 1. The summed E-state index contributed by atoms with van der Waals surface area (Å²) in [5.41, 5.74) is 1.58. The molecule has 3 rings (SSSR count). The van der Waals surface area contributed by atoms with Crippen LogP contribution in [0.4, 0.5) is 5.82 Å². The molecule has 0 radical (unpaired) electrons. The lowest BCUT2D eigenvalue weighted by Gasteiger charge is -2.07. The number of hydrogen-bond donors (Lipinski definition) is 1. The average Bonchev–Trinajstić information content (AvgIpc) is 2.49. The smallest absolute Gasteiger partial charge is 0.256 e. The molecule has 3 nitrogen and oxygen atoms in total. The fourth-order valence-corrected chi connectivity index (χ4v) is 2.13. The summed E-state index contributed by atoms with van der Waals surface area (Å²) in [6, 6.07) is 17.4. The maximum atomic E-state index is 12.3.